The summed E-state index contributed by atoms with van der Waals surface area (Å²) in [5.41, 5.74) is 3.43. The lowest BCUT2D eigenvalue weighted by molar-refractivity contribution is -0.140. The van der Waals surface area contributed by atoms with Crippen LogP contribution in [0.25, 0.3) is 0 Å². The van der Waals surface area contributed by atoms with Crippen LogP contribution in [-0.4, -0.2) is 21.4 Å². The molecule has 1 fully saturated rings. The average molecular weight is 341 g/mol. The van der Waals surface area contributed by atoms with Gasteiger partial charge in [-0.15, -0.1) is 11.8 Å². The van der Waals surface area contributed by atoms with E-state index in [9.17, 15) is 14.7 Å². The van der Waals surface area contributed by atoms with Gasteiger partial charge in [-0.1, -0.05) is 30.3 Å². The first-order valence-corrected chi connectivity index (χ1v) is 9.31. The van der Waals surface area contributed by atoms with E-state index in [-0.39, 0.29) is 5.56 Å². The van der Waals surface area contributed by atoms with Crippen molar-refractivity contribution in [2.75, 3.05) is 5.75 Å². The highest BCUT2D eigenvalue weighted by Crippen LogP contribution is 2.48. The summed E-state index contributed by atoms with van der Waals surface area (Å²) in [4.78, 5) is 24.0. The fourth-order valence-corrected chi connectivity index (χ4v) is 4.88. The Morgan fingerprint density at radius 2 is 1.96 bits per heavy atom. The molecule has 2 heterocycles. The molecule has 124 valence electrons. The van der Waals surface area contributed by atoms with E-state index in [1.54, 1.807) is 6.07 Å². The molecule has 0 saturated heterocycles. The number of nitrogens with zero attached hydrogens (tertiary/aromatic N) is 1. The molecule has 0 bridgehead atoms. The number of aromatic nitrogens is 1. The molecular formula is C19H19NO3S. The van der Waals surface area contributed by atoms with Gasteiger partial charge in [0.15, 0.2) is 0 Å². The molecule has 1 aromatic carbocycles. The second-order valence-electron chi connectivity index (χ2n) is 6.52. The number of carbonyl (C=O) groups is 1. The van der Waals surface area contributed by atoms with Gasteiger partial charge in [-0.05, 0) is 48.3 Å². The van der Waals surface area contributed by atoms with E-state index in [1.165, 1.54) is 27.5 Å². The fraction of sp³-hybridized carbons (Fsp3) is 0.368. The Morgan fingerprint density at radius 1 is 1.21 bits per heavy atom. The van der Waals surface area contributed by atoms with Crippen LogP contribution in [-0.2, 0) is 17.6 Å². The van der Waals surface area contributed by atoms with E-state index < -0.39 is 12.0 Å². The highest BCUT2D eigenvalue weighted by Gasteiger charge is 2.37. The summed E-state index contributed by atoms with van der Waals surface area (Å²) >= 11 is 1.53. The fourth-order valence-electron chi connectivity index (χ4n) is 3.46. The highest BCUT2D eigenvalue weighted by molar-refractivity contribution is 7.99. The van der Waals surface area contributed by atoms with Crippen molar-refractivity contribution in [1.82, 2.24) is 4.57 Å². The highest BCUT2D eigenvalue weighted by atomic mass is 32.2. The van der Waals surface area contributed by atoms with Crippen LogP contribution < -0.4 is 5.56 Å². The van der Waals surface area contributed by atoms with E-state index in [1.807, 2.05) is 18.2 Å². The van der Waals surface area contributed by atoms with Crippen LogP contribution in [0.4, 0.5) is 0 Å². The number of carboxylic acid groups (broad SMARTS) is 1. The van der Waals surface area contributed by atoms with E-state index in [0.29, 0.717) is 11.7 Å². The molecule has 1 aromatic heterocycles. The van der Waals surface area contributed by atoms with E-state index in [2.05, 4.69) is 12.1 Å². The van der Waals surface area contributed by atoms with Gasteiger partial charge in [0.1, 0.15) is 6.04 Å². The molecule has 1 aliphatic heterocycles. The molecule has 0 spiro atoms. The molecule has 0 unspecified atom stereocenters. The molecule has 0 radical (unpaired) electrons. The van der Waals surface area contributed by atoms with Crippen molar-refractivity contribution in [2.45, 2.75) is 42.7 Å². The molecule has 1 saturated carbocycles. The minimum Gasteiger partial charge on any atom is -0.480 e. The molecule has 2 aromatic rings. The molecule has 0 amide bonds. The van der Waals surface area contributed by atoms with Gasteiger partial charge in [0.25, 0.3) is 5.56 Å². The van der Waals surface area contributed by atoms with Crippen molar-refractivity contribution in [3.05, 3.63) is 63.4 Å². The lowest BCUT2D eigenvalue weighted by Gasteiger charge is -2.16. The third kappa shape index (κ3) is 2.77. The van der Waals surface area contributed by atoms with Crippen LogP contribution in [0.5, 0.6) is 0 Å². The Kier molecular flexibility index (Phi) is 3.96. The number of hydrogen-bond donors (Lipinski definition) is 1. The predicted octanol–water partition coefficient (Wildman–Crippen LogP) is 3.24. The zero-order valence-electron chi connectivity index (χ0n) is 13.3. The van der Waals surface area contributed by atoms with Crippen molar-refractivity contribution in [2.24, 2.45) is 0 Å². The van der Waals surface area contributed by atoms with Gasteiger partial charge in [0, 0.05) is 11.8 Å². The number of fused-ring (bicyclic) bond motifs is 1. The number of benzene rings is 1. The Balaban J connectivity index is 1.72. The number of aliphatic carboxylic acids is 1. The van der Waals surface area contributed by atoms with Gasteiger partial charge < -0.3 is 5.11 Å². The first-order chi connectivity index (χ1) is 11.6. The predicted molar refractivity (Wildman–Crippen MR) is 93.9 cm³/mol. The van der Waals surface area contributed by atoms with Crippen LogP contribution in [0.2, 0.25) is 0 Å². The Morgan fingerprint density at radius 3 is 2.62 bits per heavy atom. The summed E-state index contributed by atoms with van der Waals surface area (Å²) in [5.74, 6) is 0.0340. The molecule has 1 atom stereocenters. The van der Waals surface area contributed by atoms with Crippen molar-refractivity contribution in [1.29, 1.82) is 0 Å². The molecular weight excluding hydrogens is 322 g/mol. The van der Waals surface area contributed by atoms with Crippen LogP contribution >= 0.6 is 11.8 Å². The van der Waals surface area contributed by atoms with Crippen LogP contribution in [0, 0.1) is 0 Å². The smallest absolute Gasteiger partial charge is 0.327 e. The average Bonchev–Trinajstić information content (AvgIpc) is 3.30. The molecule has 5 heteroatoms. The van der Waals surface area contributed by atoms with Gasteiger partial charge in [-0.3, -0.25) is 9.36 Å². The molecule has 4 rings (SSSR count). The van der Waals surface area contributed by atoms with Crippen molar-refractivity contribution >= 4 is 17.7 Å². The summed E-state index contributed by atoms with van der Waals surface area (Å²) in [6.07, 6.45) is 4.01. The monoisotopic (exact) mass is 341 g/mol. The van der Waals surface area contributed by atoms with Crippen molar-refractivity contribution in [3.63, 3.8) is 0 Å². The molecule has 24 heavy (non-hydrogen) atoms. The van der Waals surface area contributed by atoms with Crippen LogP contribution in [0.1, 0.15) is 41.5 Å². The van der Waals surface area contributed by atoms with E-state index in [0.717, 1.165) is 36.3 Å². The van der Waals surface area contributed by atoms with Gasteiger partial charge in [0.05, 0.1) is 5.03 Å². The summed E-state index contributed by atoms with van der Waals surface area (Å²) in [6, 6.07) is 11.2. The molecule has 4 nitrogen and oxygen atoms in total. The largest absolute Gasteiger partial charge is 0.480 e. The summed E-state index contributed by atoms with van der Waals surface area (Å²) in [7, 11) is 0. The second kappa shape index (κ2) is 6.13. The van der Waals surface area contributed by atoms with Crippen molar-refractivity contribution in [3.8, 4) is 0 Å². The standard InChI is InChI=1S/C19H19NO3S/c21-16-10-14(7-6-12-4-2-1-3-5-12)17(13-8-9-13)18-20(16)15(11-24-18)19(22)23/h1-5,10,13,15H,6-9,11H2,(H,22,23)/t15-/m0/s1. The van der Waals surface area contributed by atoms with Gasteiger partial charge >= 0.3 is 5.97 Å². The number of hydrogen-bond acceptors (Lipinski definition) is 3. The second-order valence-corrected chi connectivity index (χ2v) is 7.53. The van der Waals surface area contributed by atoms with Crippen LogP contribution in [0.3, 0.4) is 0 Å². The number of carboxylic acids is 1. The number of aryl methyl sites for hydroxylation is 2. The number of pyridine rings is 1. The van der Waals surface area contributed by atoms with E-state index in [4.69, 9.17) is 0 Å². The first kappa shape index (κ1) is 15.5. The zero-order chi connectivity index (χ0) is 16.7. The molecule has 2 aliphatic rings. The lowest BCUT2D eigenvalue weighted by Crippen LogP contribution is -2.29. The van der Waals surface area contributed by atoms with E-state index >= 15 is 0 Å². The Hall–Kier alpha value is -2.01. The van der Waals surface area contributed by atoms with Gasteiger partial charge in [-0.2, -0.15) is 0 Å². The maximum Gasteiger partial charge on any atom is 0.327 e. The topological polar surface area (TPSA) is 59.3 Å². The first-order valence-electron chi connectivity index (χ1n) is 8.33. The van der Waals surface area contributed by atoms with Crippen LogP contribution in [0.15, 0.2) is 46.2 Å². The van der Waals surface area contributed by atoms with Crippen molar-refractivity contribution < 1.29 is 9.90 Å². The quantitative estimate of drug-likeness (QED) is 0.907. The minimum absolute atomic E-state index is 0.171. The minimum atomic E-state index is -0.915. The number of thioether (sulfide) groups is 1. The third-order valence-electron chi connectivity index (χ3n) is 4.82. The third-order valence-corrected chi connectivity index (χ3v) is 5.99. The normalized spacial score (nSPS) is 19.2. The lowest BCUT2D eigenvalue weighted by atomic mass is 9.98. The SMILES string of the molecule is O=C(O)[C@@H]1CSc2c(C3CC3)c(CCc3ccccc3)cc(=O)n21. The summed E-state index contributed by atoms with van der Waals surface area (Å²) in [6.45, 7) is 0. The number of rotatable bonds is 5. The van der Waals surface area contributed by atoms with Gasteiger partial charge in [-0.25, -0.2) is 4.79 Å². The Bertz CT molecular complexity index is 840. The summed E-state index contributed by atoms with van der Waals surface area (Å²) in [5, 5.41) is 10.3. The van der Waals surface area contributed by atoms with Gasteiger partial charge in [0.2, 0.25) is 0 Å². The Labute approximate surface area is 144 Å². The maximum atomic E-state index is 12.5. The molecule has 1 aliphatic carbocycles. The summed E-state index contributed by atoms with van der Waals surface area (Å²) < 4.78 is 1.51. The maximum absolute atomic E-state index is 12.5. The molecule has 1 N–H and O–H groups in total. The zero-order valence-corrected chi connectivity index (χ0v) is 14.1.